The molecule has 3 aromatic rings. The second-order valence-corrected chi connectivity index (χ2v) is 6.61. The zero-order chi connectivity index (χ0) is 21.0. The van der Waals surface area contributed by atoms with Gasteiger partial charge in [-0.3, -0.25) is 4.79 Å². The van der Waals surface area contributed by atoms with Crippen molar-refractivity contribution in [2.24, 2.45) is 0 Å². The van der Waals surface area contributed by atoms with Crippen LogP contribution >= 0.6 is 11.6 Å². The zero-order valence-corrected chi connectivity index (χ0v) is 16.1. The maximum absolute atomic E-state index is 12.7. The molecule has 0 aliphatic heterocycles. The van der Waals surface area contributed by atoms with E-state index in [1.54, 1.807) is 28.9 Å². The number of nitrogens with zero attached hydrogens (tertiary/aromatic N) is 2. The number of amides is 1. The first-order valence-electron chi connectivity index (χ1n) is 8.77. The van der Waals surface area contributed by atoms with Crippen molar-refractivity contribution in [1.29, 1.82) is 0 Å². The molecule has 5 nitrogen and oxygen atoms in total. The summed E-state index contributed by atoms with van der Waals surface area (Å²) in [5, 5.41) is 7.58. The summed E-state index contributed by atoms with van der Waals surface area (Å²) >= 11 is 5.93. The smallest absolute Gasteiger partial charge is 0.406 e. The van der Waals surface area contributed by atoms with Crippen molar-refractivity contribution in [3.05, 3.63) is 71.0 Å². The summed E-state index contributed by atoms with van der Waals surface area (Å²) in [4.78, 5) is 12.7. The summed E-state index contributed by atoms with van der Waals surface area (Å²) in [6, 6.07) is 12.0. The van der Waals surface area contributed by atoms with Gasteiger partial charge in [-0.05, 0) is 55.0 Å². The van der Waals surface area contributed by atoms with Crippen LogP contribution in [0.1, 0.15) is 29.4 Å². The van der Waals surface area contributed by atoms with Gasteiger partial charge in [-0.15, -0.1) is 13.2 Å². The summed E-state index contributed by atoms with van der Waals surface area (Å²) in [7, 11) is 0. The number of hydrogen-bond donors (Lipinski definition) is 1. The monoisotopic (exact) mass is 423 g/mol. The fraction of sp³-hybridized carbons (Fsp3) is 0.200. The molecule has 0 fully saturated rings. The van der Waals surface area contributed by atoms with Crippen molar-refractivity contribution in [2.45, 2.75) is 26.1 Å². The fourth-order valence-corrected chi connectivity index (χ4v) is 2.91. The van der Waals surface area contributed by atoms with Crippen molar-refractivity contribution >= 4 is 23.2 Å². The van der Waals surface area contributed by atoms with Crippen molar-refractivity contribution in [3.63, 3.8) is 0 Å². The third-order valence-corrected chi connectivity index (χ3v) is 4.27. The molecule has 0 saturated heterocycles. The van der Waals surface area contributed by atoms with E-state index in [2.05, 4.69) is 15.2 Å². The van der Waals surface area contributed by atoms with E-state index in [9.17, 15) is 18.0 Å². The van der Waals surface area contributed by atoms with Gasteiger partial charge >= 0.3 is 6.36 Å². The van der Waals surface area contributed by atoms with Crippen LogP contribution in [-0.2, 0) is 6.42 Å². The molecule has 29 heavy (non-hydrogen) atoms. The number of benzene rings is 2. The van der Waals surface area contributed by atoms with Gasteiger partial charge in [-0.25, -0.2) is 4.68 Å². The minimum Gasteiger partial charge on any atom is -0.406 e. The molecule has 1 amide bonds. The third kappa shape index (κ3) is 5.29. The molecular weight excluding hydrogens is 407 g/mol. The van der Waals surface area contributed by atoms with Gasteiger partial charge in [-0.1, -0.05) is 24.9 Å². The summed E-state index contributed by atoms with van der Waals surface area (Å²) in [6.45, 7) is 1.99. The van der Waals surface area contributed by atoms with Crippen molar-refractivity contribution in [2.75, 3.05) is 5.32 Å². The Hall–Kier alpha value is -3.00. The molecule has 0 unspecified atom stereocenters. The normalized spacial score (nSPS) is 11.3. The molecular formula is C20H17ClF3N3O2. The number of halogens is 4. The van der Waals surface area contributed by atoms with E-state index < -0.39 is 12.3 Å². The van der Waals surface area contributed by atoms with Gasteiger partial charge in [0.2, 0.25) is 0 Å². The standard InChI is InChI=1S/C20H17ClF3N3O2/c1-2-3-18-17(12-25-27(18)15-8-4-13(21)5-9-15)19(28)26-14-6-10-16(11-7-14)29-20(22,23)24/h4-12H,2-3H2,1H3,(H,26,28). The number of anilines is 1. The molecule has 0 aliphatic carbocycles. The second-order valence-electron chi connectivity index (χ2n) is 6.17. The van der Waals surface area contributed by atoms with Crippen LogP contribution in [0.5, 0.6) is 5.75 Å². The van der Waals surface area contributed by atoms with Gasteiger partial charge in [0.15, 0.2) is 0 Å². The fourth-order valence-electron chi connectivity index (χ4n) is 2.78. The molecule has 1 aromatic heterocycles. The third-order valence-electron chi connectivity index (χ3n) is 4.02. The Bertz CT molecular complexity index is 984. The van der Waals surface area contributed by atoms with Gasteiger partial charge in [0.25, 0.3) is 5.91 Å². The zero-order valence-electron chi connectivity index (χ0n) is 15.3. The van der Waals surface area contributed by atoms with Gasteiger partial charge in [0, 0.05) is 10.7 Å². The number of carbonyl (C=O) groups is 1. The average Bonchev–Trinajstić information content (AvgIpc) is 3.07. The van der Waals surface area contributed by atoms with Crippen LogP contribution < -0.4 is 10.1 Å². The van der Waals surface area contributed by atoms with E-state index in [1.807, 2.05) is 6.92 Å². The number of aromatic nitrogens is 2. The topological polar surface area (TPSA) is 56.1 Å². The molecule has 1 heterocycles. The van der Waals surface area contributed by atoms with Crippen LogP contribution in [0.4, 0.5) is 18.9 Å². The highest BCUT2D eigenvalue weighted by atomic mass is 35.5. The second kappa shape index (κ2) is 8.57. The van der Waals surface area contributed by atoms with Crippen LogP contribution in [0.15, 0.2) is 54.7 Å². The Labute approximate surface area is 170 Å². The first kappa shape index (κ1) is 20.7. The molecule has 0 atom stereocenters. The lowest BCUT2D eigenvalue weighted by molar-refractivity contribution is -0.274. The van der Waals surface area contributed by atoms with Crippen LogP contribution in [-0.4, -0.2) is 22.1 Å². The lowest BCUT2D eigenvalue weighted by atomic mass is 10.1. The molecule has 1 N–H and O–H groups in total. The largest absolute Gasteiger partial charge is 0.573 e. The predicted molar refractivity (Wildman–Crippen MR) is 104 cm³/mol. The van der Waals surface area contributed by atoms with Crippen molar-refractivity contribution in [3.8, 4) is 11.4 Å². The molecule has 3 rings (SSSR count). The summed E-state index contributed by atoms with van der Waals surface area (Å²) < 4.78 is 42.2. The molecule has 2 aromatic carbocycles. The van der Waals surface area contributed by atoms with Crippen LogP contribution in [0, 0.1) is 0 Å². The number of alkyl halides is 3. The molecule has 0 spiro atoms. The average molecular weight is 424 g/mol. The first-order valence-corrected chi connectivity index (χ1v) is 9.14. The van der Waals surface area contributed by atoms with Crippen LogP contribution in [0.3, 0.4) is 0 Å². The number of nitrogens with one attached hydrogen (secondary N) is 1. The molecule has 0 aliphatic rings. The van der Waals surface area contributed by atoms with E-state index in [0.29, 0.717) is 22.7 Å². The Kier molecular flexibility index (Phi) is 6.12. The SMILES string of the molecule is CCCc1c(C(=O)Nc2ccc(OC(F)(F)F)cc2)cnn1-c1ccc(Cl)cc1. The maximum atomic E-state index is 12.7. The molecule has 152 valence electrons. The summed E-state index contributed by atoms with van der Waals surface area (Å²) in [6.07, 6.45) is -1.89. The minimum atomic E-state index is -4.77. The van der Waals surface area contributed by atoms with Gasteiger partial charge in [0.1, 0.15) is 5.75 Å². The van der Waals surface area contributed by atoms with E-state index >= 15 is 0 Å². The summed E-state index contributed by atoms with van der Waals surface area (Å²) in [5.41, 5.74) is 2.22. The van der Waals surface area contributed by atoms with Gasteiger partial charge in [0.05, 0.1) is 23.1 Å². The molecule has 0 radical (unpaired) electrons. The Morgan fingerprint density at radius 1 is 1.14 bits per heavy atom. The maximum Gasteiger partial charge on any atom is 0.573 e. The van der Waals surface area contributed by atoms with Crippen molar-refractivity contribution < 1.29 is 22.7 Å². The van der Waals surface area contributed by atoms with E-state index in [1.165, 1.54) is 18.3 Å². The minimum absolute atomic E-state index is 0.339. The number of carbonyl (C=O) groups excluding carboxylic acids is 1. The predicted octanol–water partition coefficient (Wildman–Crippen LogP) is 5.63. The highest BCUT2D eigenvalue weighted by Crippen LogP contribution is 2.25. The lowest BCUT2D eigenvalue weighted by Gasteiger charge is -2.11. The Morgan fingerprint density at radius 3 is 2.38 bits per heavy atom. The number of ether oxygens (including phenoxy) is 1. The first-order chi connectivity index (χ1) is 13.8. The molecule has 0 saturated carbocycles. The van der Waals surface area contributed by atoms with Gasteiger partial charge in [-0.2, -0.15) is 5.10 Å². The Balaban J connectivity index is 1.81. The highest BCUT2D eigenvalue weighted by molar-refractivity contribution is 6.30. The number of hydrogen-bond acceptors (Lipinski definition) is 3. The number of rotatable bonds is 6. The quantitative estimate of drug-likeness (QED) is 0.559. The molecule has 9 heteroatoms. The summed E-state index contributed by atoms with van der Waals surface area (Å²) in [5.74, 6) is -0.768. The van der Waals surface area contributed by atoms with Crippen molar-refractivity contribution in [1.82, 2.24) is 9.78 Å². The van der Waals surface area contributed by atoms with Crippen LogP contribution in [0.2, 0.25) is 5.02 Å². The van der Waals surface area contributed by atoms with Gasteiger partial charge < -0.3 is 10.1 Å². The molecule has 0 bridgehead atoms. The Morgan fingerprint density at radius 2 is 1.79 bits per heavy atom. The van der Waals surface area contributed by atoms with E-state index in [-0.39, 0.29) is 5.75 Å². The highest BCUT2D eigenvalue weighted by Gasteiger charge is 2.31. The van der Waals surface area contributed by atoms with Crippen LogP contribution in [0.25, 0.3) is 5.69 Å². The lowest BCUT2D eigenvalue weighted by Crippen LogP contribution is -2.17. The van der Waals surface area contributed by atoms with E-state index in [4.69, 9.17) is 11.6 Å². The van der Waals surface area contributed by atoms with E-state index in [0.717, 1.165) is 29.9 Å².